The lowest BCUT2D eigenvalue weighted by Gasteiger charge is -2.09. The average molecular weight is 480 g/mol. The minimum absolute atomic E-state index is 0.233. The van der Waals surface area contributed by atoms with E-state index in [1.54, 1.807) is 26.0 Å². The molecule has 0 aliphatic carbocycles. The lowest BCUT2D eigenvalue weighted by atomic mass is 10.2. The molecule has 1 aromatic carbocycles. The summed E-state index contributed by atoms with van der Waals surface area (Å²) >= 11 is 0. The maximum atomic E-state index is 12.2. The summed E-state index contributed by atoms with van der Waals surface area (Å²) in [7, 11) is 2.64. The number of benzene rings is 1. The Morgan fingerprint density at radius 1 is 0.914 bits per heavy atom. The number of esters is 2. The quantitative estimate of drug-likeness (QED) is 0.386. The van der Waals surface area contributed by atoms with Crippen molar-refractivity contribution in [2.75, 3.05) is 27.4 Å². The predicted molar refractivity (Wildman–Crippen MR) is 123 cm³/mol. The molecule has 1 aliphatic rings. The summed E-state index contributed by atoms with van der Waals surface area (Å²) in [6.07, 6.45) is 0.779. The number of carbonyl (C=O) groups is 2. The third-order valence-corrected chi connectivity index (χ3v) is 5.85. The maximum absolute atomic E-state index is 12.2. The highest BCUT2D eigenvalue weighted by molar-refractivity contribution is 5.92. The molecular formula is C25H24N2O8. The molecule has 0 unspecified atom stereocenters. The first-order valence-corrected chi connectivity index (χ1v) is 11.1. The van der Waals surface area contributed by atoms with Crippen molar-refractivity contribution in [3.63, 3.8) is 0 Å². The minimum Gasteiger partial charge on any atom is -0.489 e. The molecule has 10 heteroatoms. The van der Waals surface area contributed by atoms with Crippen LogP contribution in [0.1, 0.15) is 44.4 Å². The fourth-order valence-electron chi connectivity index (χ4n) is 4.12. The number of furan rings is 2. The number of rotatable bonds is 5. The number of aryl methyl sites for hydroxylation is 2. The van der Waals surface area contributed by atoms with Gasteiger partial charge < -0.3 is 32.3 Å². The van der Waals surface area contributed by atoms with E-state index in [-0.39, 0.29) is 6.54 Å². The zero-order valence-corrected chi connectivity index (χ0v) is 19.8. The molecule has 4 aromatic rings. The van der Waals surface area contributed by atoms with Gasteiger partial charge in [0.2, 0.25) is 0 Å². The first-order valence-electron chi connectivity index (χ1n) is 11.1. The lowest BCUT2D eigenvalue weighted by molar-refractivity contribution is 0.0589. The predicted octanol–water partition coefficient (Wildman–Crippen LogP) is 4.29. The van der Waals surface area contributed by atoms with Crippen molar-refractivity contribution >= 4 is 23.0 Å². The van der Waals surface area contributed by atoms with E-state index in [4.69, 9.17) is 32.8 Å². The van der Waals surface area contributed by atoms with Crippen molar-refractivity contribution in [1.29, 1.82) is 0 Å². The third kappa shape index (κ3) is 4.01. The van der Waals surface area contributed by atoms with Gasteiger partial charge in [0.25, 0.3) is 0 Å². The first-order chi connectivity index (χ1) is 16.9. The minimum atomic E-state index is -0.502. The molecule has 0 fully saturated rings. The second-order valence-corrected chi connectivity index (χ2v) is 8.11. The third-order valence-electron chi connectivity index (χ3n) is 5.85. The monoisotopic (exact) mass is 480 g/mol. The van der Waals surface area contributed by atoms with Gasteiger partial charge in [-0.15, -0.1) is 0 Å². The van der Waals surface area contributed by atoms with E-state index in [1.807, 2.05) is 16.7 Å². The molecule has 10 nitrogen and oxygen atoms in total. The second kappa shape index (κ2) is 8.86. The number of imidazole rings is 1. The van der Waals surface area contributed by atoms with Crippen molar-refractivity contribution in [3.8, 4) is 23.1 Å². The fourth-order valence-corrected chi connectivity index (χ4v) is 4.12. The van der Waals surface area contributed by atoms with Gasteiger partial charge in [-0.1, -0.05) is 0 Å². The second-order valence-electron chi connectivity index (χ2n) is 8.11. The van der Waals surface area contributed by atoms with Gasteiger partial charge in [-0.05, 0) is 19.9 Å². The standard InChI is InChI=1S/C25H24N2O8/c1-13-16(24(28)30-3)8-15(34-13)12-27-19-11-21-20(32-6-5-7-33-21)10-18(19)26-23(27)22-9-17(14(2)35-22)25(29)31-4/h8-11H,5-7,12H2,1-4H3. The highest BCUT2D eigenvalue weighted by Crippen LogP contribution is 2.37. The van der Waals surface area contributed by atoms with Gasteiger partial charge in [0.05, 0.1) is 45.0 Å². The van der Waals surface area contributed by atoms with Gasteiger partial charge in [0, 0.05) is 24.6 Å². The van der Waals surface area contributed by atoms with E-state index >= 15 is 0 Å². The highest BCUT2D eigenvalue weighted by atomic mass is 16.5. The van der Waals surface area contributed by atoms with Crippen LogP contribution in [0.25, 0.3) is 22.6 Å². The van der Waals surface area contributed by atoms with E-state index in [1.165, 1.54) is 14.2 Å². The van der Waals surface area contributed by atoms with Gasteiger partial charge >= 0.3 is 11.9 Å². The largest absolute Gasteiger partial charge is 0.489 e. The fraction of sp³-hybridized carbons (Fsp3) is 0.320. The smallest absolute Gasteiger partial charge is 0.341 e. The molecule has 3 aromatic heterocycles. The molecule has 0 spiro atoms. The molecule has 0 atom stereocenters. The normalized spacial score (nSPS) is 13.0. The summed E-state index contributed by atoms with van der Waals surface area (Å²) < 4.78 is 35.1. The number of ether oxygens (including phenoxy) is 4. The molecule has 0 N–H and O–H groups in total. The summed E-state index contributed by atoms with van der Waals surface area (Å²) in [4.78, 5) is 29.0. The van der Waals surface area contributed by atoms with E-state index in [0.717, 1.165) is 11.9 Å². The molecule has 0 amide bonds. The first kappa shape index (κ1) is 22.6. The molecule has 0 radical (unpaired) electrons. The summed E-state index contributed by atoms with van der Waals surface area (Å²) in [5.41, 5.74) is 2.05. The summed E-state index contributed by atoms with van der Waals surface area (Å²) in [6, 6.07) is 6.93. The van der Waals surface area contributed by atoms with Crippen LogP contribution in [0.4, 0.5) is 0 Å². The van der Waals surface area contributed by atoms with Gasteiger partial charge in [-0.3, -0.25) is 0 Å². The Balaban J connectivity index is 1.67. The summed E-state index contributed by atoms with van der Waals surface area (Å²) in [6.45, 7) is 4.71. The average Bonchev–Trinajstić information content (AvgIpc) is 3.46. The van der Waals surface area contributed by atoms with E-state index in [2.05, 4.69) is 0 Å². The lowest BCUT2D eigenvalue weighted by Crippen LogP contribution is -2.03. The number of carbonyl (C=O) groups excluding carboxylic acids is 2. The van der Waals surface area contributed by atoms with Crippen LogP contribution in [0.5, 0.6) is 11.5 Å². The Bertz CT molecular complexity index is 1440. The zero-order valence-electron chi connectivity index (χ0n) is 19.8. The Hall–Kier alpha value is -4.21. The van der Waals surface area contributed by atoms with Crippen LogP contribution in [-0.2, 0) is 16.0 Å². The van der Waals surface area contributed by atoms with E-state index in [9.17, 15) is 9.59 Å². The molecule has 35 heavy (non-hydrogen) atoms. The van der Waals surface area contributed by atoms with Crippen LogP contribution in [0.3, 0.4) is 0 Å². The SMILES string of the molecule is COC(=O)c1cc(Cn2c(-c3cc(C(=O)OC)c(C)o3)nc3cc4c(cc32)OCCCO4)oc1C. The van der Waals surface area contributed by atoms with Crippen LogP contribution in [0.15, 0.2) is 33.1 Å². The van der Waals surface area contributed by atoms with Gasteiger partial charge in [-0.2, -0.15) is 0 Å². The number of hydrogen-bond acceptors (Lipinski definition) is 9. The highest BCUT2D eigenvalue weighted by Gasteiger charge is 2.25. The Morgan fingerprint density at radius 2 is 1.54 bits per heavy atom. The van der Waals surface area contributed by atoms with Gasteiger partial charge in [0.15, 0.2) is 23.1 Å². The number of hydrogen-bond donors (Lipinski definition) is 0. The maximum Gasteiger partial charge on any atom is 0.341 e. The molecule has 0 saturated heterocycles. The van der Waals surface area contributed by atoms with Crippen LogP contribution in [0.2, 0.25) is 0 Å². The van der Waals surface area contributed by atoms with Crippen LogP contribution >= 0.6 is 0 Å². The molecule has 182 valence electrons. The molecule has 5 rings (SSSR count). The van der Waals surface area contributed by atoms with Crippen molar-refractivity contribution in [1.82, 2.24) is 9.55 Å². The Morgan fingerprint density at radius 3 is 2.23 bits per heavy atom. The van der Waals surface area contributed by atoms with Crippen molar-refractivity contribution in [2.45, 2.75) is 26.8 Å². The summed E-state index contributed by atoms with van der Waals surface area (Å²) in [5.74, 6) is 2.47. The summed E-state index contributed by atoms with van der Waals surface area (Å²) in [5, 5.41) is 0. The van der Waals surface area contributed by atoms with Crippen LogP contribution < -0.4 is 9.47 Å². The number of nitrogens with zero attached hydrogens (tertiary/aromatic N) is 2. The molecule has 0 saturated carbocycles. The van der Waals surface area contributed by atoms with Crippen molar-refractivity contribution < 1.29 is 37.4 Å². The topological polar surface area (TPSA) is 115 Å². The Labute approximate surface area is 200 Å². The van der Waals surface area contributed by atoms with E-state index < -0.39 is 11.9 Å². The van der Waals surface area contributed by atoms with E-state index in [0.29, 0.717) is 70.2 Å². The van der Waals surface area contributed by atoms with Crippen molar-refractivity contribution in [2.24, 2.45) is 0 Å². The molecule has 1 aliphatic heterocycles. The van der Waals surface area contributed by atoms with Crippen LogP contribution in [-0.4, -0.2) is 48.9 Å². The van der Waals surface area contributed by atoms with Gasteiger partial charge in [-0.25, -0.2) is 14.6 Å². The Kier molecular flexibility index (Phi) is 5.72. The number of aromatic nitrogens is 2. The number of fused-ring (bicyclic) bond motifs is 2. The number of methoxy groups -OCH3 is 2. The van der Waals surface area contributed by atoms with Crippen LogP contribution in [0, 0.1) is 13.8 Å². The molecule has 0 bridgehead atoms. The van der Waals surface area contributed by atoms with Crippen molar-refractivity contribution in [3.05, 3.63) is 52.7 Å². The zero-order chi connectivity index (χ0) is 24.7. The molecular weight excluding hydrogens is 456 g/mol. The van der Waals surface area contributed by atoms with Gasteiger partial charge in [0.1, 0.15) is 28.4 Å². The molecule has 4 heterocycles.